The minimum absolute atomic E-state index is 0.419. The molecule has 0 aliphatic heterocycles. The van der Waals surface area contributed by atoms with Crippen molar-refractivity contribution in [3.63, 3.8) is 0 Å². The predicted molar refractivity (Wildman–Crippen MR) is 56.5 cm³/mol. The minimum atomic E-state index is 0.419. The number of hydrogen-bond acceptors (Lipinski definition) is 1. The largest absolute Gasteiger partial charge is 0.566 e. The van der Waals surface area contributed by atoms with Crippen LogP contribution in [0.2, 0.25) is 12.6 Å². The summed E-state index contributed by atoms with van der Waals surface area (Å²) in [5.74, 6) is 0. The van der Waals surface area contributed by atoms with Crippen molar-refractivity contribution in [3.8, 4) is 0 Å². The van der Waals surface area contributed by atoms with Crippen LogP contribution in [-0.2, 0) is 4.65 Å². The van der Waals surface area contributed by atoms with Crippen LogP contribution < -0.4 is 0 Å². The highest BCUT2D eigenvalue weighted by Gasteiger charge is 2.07. The lowest BCUT2D eigenvalue weighted by Gasteiger charge is -2.06. The highest BCUT2D eigenvalue weighted by Crippen LogP contribution is 2.01. The van der Waals surface area contributed by atoms with Gasteiger partial charge in [-0.3, -0.25) is 0 Å². The Morgan fingerprint density at radius 1 is 1.17 bits per heavy atom. The van der Waals surface area contributed by atoms with Crippen LogP contribution in [0.5, 0.6) is 0 Å². The first kappa shape index (κ1) is 11.6. The lowest BCUT2D eigenvalue weighted by atomic mass is 9.63. The average molecular weight is 168 g/mol. The van der Waals surface area contributed by atoms with Crippen LogP contribution in [0, 0.1) is 0 Å². The van der Waals surface area contributed by atoms with E-state index in [1.54, 1.807) is 0 Å². The van der Waals surface area contributed by atoms with E-state index in [1.807, 2.05) is 6.26 Å². The Balaban J connectivity index is 3.31. The van der Waals surface area contributed by atoms with E-state index < -0.39 is 0 Å². The maximum Gasteiger partial charge on any atom is 0.356 e. The Labute approximate surface area is 77.3 Å². The van der Waals surface area contributed by atoms with Crippen LogP contribution in [0.1, 0.15) is 40.0 Å². The molecule has 70 valence electrons. The van der Waals surface area contributed by atoms with Crippen LogP contribution >= 0.6 is 0 Å². The molecule has 0 N–H and O–H groups in total. The van der Waals surface area contributed by atoms with Crippen molar-refractivity contribution in [2.75, 3.05) is 0 Å². The fourth-order valence-corrected chi connectivity index (χ4v) is 1.04. The van der Waals surface area contributed by atoms with Crippen molar-refractivity contribution >= 4 is 6.92 Å². The molecule has 1 nitrogen and oxygen atoms in total. The van der Waals surface area contributed by atoms with Gasteiger partial charge in [0.2, 0.25) is 0 Å². The molecule has 2 heteroatoms. The molecule has 0 unspecified atom stereocenters. The molecule has 0 saturated carbocycles. The van der Waals surface area contributed by atoms with Crippen molar-refractivity contribution in [2.24, 2.45) is 0 Å². The summed E-state index contributed by atoms with van der Waals surface area (Å²) in [4.78, 5) is 0. The standard InChI is InChI=1S/C10H21BO/c1-4-7-8-9-10-12-11(5-2)6-3/h9-10H,4-8H2,1-3H3. The molecule has 0 aliphatic carbocycles. The zero-order valence-corrected chi connectivity index (χ0v) is 8.68. The summed E-state index contributed by atoms with van der Waals surface area (Å²) < 4.78 is 5.51. The topological polar surface area (TPSA) is 9.23 Å². The molecule has 0 atom stereocenters. The Bertz CT molecular complexity index is 108. The van der Waals surface area contributed by atoms with Gasteiger partial charge in [0, 0.05) is 0 Å². The van der Waals surface area contributed by atoms with Gasteiger partial charge >= 0.3 is 6.92 Å². The maximum absolute atomic E-state index is 5.51. The van der Waals surface area contributed by atoms with E-state index in [0.717, 1.165) is 19.1 Å². The lowest BCUT2D eigenvalue weighted by molar-refractivity contribution is 0.485. The second-order valence-electron chi connectivity index (χ2n) is 3.09. The molecule has 0 spiro atoms. The van der Waals surface area contributed by atoms with Gasteiger partial charge in [0.25, 0.3) is 0 Å². The van der Waals surface area contributed by atoms with Gasteiger partial charge in [-0.2, -0.15) is 0 Å². The van der Waals surface area contributed by atoms with Crippen LogP contribution in [0.25, 0.3) is 0 Å². The van der Waals surface area contributed by atoms with Crippen molar-refractivity contribution in [1.29, 1.82) is 0 Å². The van der Waals surface area contributed by atoms with Gasteiger partial charge < -0.3 is 4.65 Å². The fourth-order valence-electron chi connectivity index (χ4n) is 1.04. The third kappa shape index (κ3) is 6.32. The highest BCUT2D eigenvalue weighted by atomic mass is 16.4. The molecule has 0 heterocycles. The highest BCUT2D eigenvalue weighted by molar-refractivity contribution is 6.51. The quantitative estimate of drug-likeness (QED) is 0.319. The number of hydrogen-bond donors (Lipinski definition) is 0. The number of unbranched alkanes of at least 4 members (excludes halogenated alkanes) is 2. The van der Waals surface area contributed by atoms with Crippen molar-refractivity contribution in [3.05, 3.63) is 12.3 Å². The lowest BCUT2D eigenvalue weighted by Crippen LogP contribution is -2.10. The van der Waals surface area contributed by atoms with Gasteiger partial charge in [0.05, 0.1) is 6.26 Å². The second kappa shape index (κ2) is 8.70. The summed E-state index contributed by atoms with van der Waals surface area (Å²) in [7, 11) is 0. The monoisotopic (exact) mass is 168 g/mol. The van der Waals surface area contributed by atoms with E-state index in [9.17, 15) is 0 Å². The molecule has 0 aromatic heterocycles. The van der Waals surface area contributed by atoms with Crippen LogP contribution in [-0.4, -0.2) is 6.92 Å². The van der Waals surface area contributed by atoms with Crippen LogP contribution in [0.4, 0.5) is 0 Å². The van der Waals surface area contributed by atoms with E-state index in [1.165, 1.54) is 12.8 Å². The van der Waals surface area contributed by atoms with E-state index in [-0.39, 0.29) is 0 Å². The Morgan fingerprint density at radius 3 is 2.33 bits per heavy atom. The second-order valence-corrected chi connectivity index (χ2v) is 3.09. The molecule has 0 fully saturated rings. The van der Waals surface area contributed by atoms with Crippen molar-refractivity contribution in [2.45, 2.75) is 52.7 Å². The molecule has 0 amide bonds. The normalized spacial score (nSPS) is 10.6. The zero-order chi connectivity index (χ0) is 9.23. The molecule has 0 aromatic carbocycles. The van der Waals surface area contributed by atoms with E-state index >= 15 is 0 Å². The first-order chi connectivity index (χ1) is 5.85. The van der Waals surface area contributed by atoms with Gasteiger partial charge in [0.15, 0.2) is 0 Å². The molecule has 12 heavy (non-hydrogen) atoms. The van der Waals surface area contributed by atoms with Crippen LogP contribution in [0.15, 0.2) is 12.3 Å². The summed E-state index contributed by atoms with van der Waals surface area (Å²) >= 11 is 0. The Hall–Kier alpha value is -0.395. The third-order valence-electron chi connectivity index (χ3n) is 2.00. The average Bonchev–Trinajstić information content (AvgIpc) is 2.11. The van der Waals surface area contributed by atoms with Gasteiger partial charge in [-0.1, -0.05) is 33.3 Å². The molecule has 0 bridgehead atoms. The van der Waals surface area contributed by atoms with Gasteiger partial charge in [-0.25, -0.2) is 0 Å². The summed E-state index contributed by atoms with van der Waals surface area (Å²) in [5.41, 5.74) is 0. The Kier molecular flexibility index (Phi) is 8.41. The SMILES string of the molecule is CCCCC=COB(CC)CC. The molecular formula is C10H21BO. The predicted octanol–water partition coefficient (Wildman–Crippen LogP) is 3.74. The molecule has 0 radical (unpaired) electrons. The van der Waals surface area contributed by atoms with Gasteiger partial charge in [-0.05, 0) is 25.5 Å². The first-order valence-corrected chi connectivity index (χ1v) is 5.15. The smallest absolute Gasteiger partial charge is 0.356 e. The summed E-state index contributed by atoms with van der Waals surface area (Å²) in [6.07, 6.45) is 9.88. The minimum Gasteiger partial charge on any atom is -0.566 e. The summed E-state index contributed by atoms with van der Waals surface area (Å²) in [5, 5.41) is 0. The van der Waals surface area contributed by atoms with Gasteiger partial charge in [0.1, 0.15) is 0 Å². The maximum atomic E-state index is 5.51. The number of allylic oxidation sites excluding steroid dienone is 1. The van der Waals surface area contributed by atoms with Gasteiger partial charge in [-0.15, -0.1) is 0 Å². The molecule has 0 rings (SSSR count). The number of rotatable bonds is 7. The van der Waals surface area contributed by atoms with Crippen molar-refractivity contribution < 1.29 is 4.65 Å². The zero-order valence-electron chi connectivity index (χ0n) is 8.68. The molecular weight excluding hydrogens is 147 g/mol. The summed E-state index contributed by atoms with van der Waals surface area (Å²) in [6.45, 7) is 6.94. The van der Waals surface area contributed by atoms with E-state index in [0.29, 0.717) is 6.92 Å². The van der Waals surface area contributed by atoms with Crippen molar-refractivity contribution in [1.82, 2.24) is 0 Å². The Morgan fingerprint density at radius 2 is 1.83 bits per heavy atom. The first-order valence-electron chi connectivity index (χ1n) is 5.15. The fraction of sp³-hybridized carbons (Fsp3) is 0.800. The van der Waals surface area contributed by atoms with E-state index in [4.69, 9.17) is 4.65 Å². The molecule has 0 saturated heterocycles. The molecule has 0 aromatic rings. The van der Waals surface area contributed by atoms with Crippen LogP contribution in [0.3, 0.4) is 0 Å². The third-order valence-corrected chi connectivity index (χ3v) is 2.00. The molecule has 0 aliphatic rings. The van der Waals surface area contributed by atoms with E-state index in [2.05, 4.69) is 26.8 Å². The summed E-state index contributed by atoms with van der Waals surface area (Å²) in [6, 6.07) is 0.